The SMILES string of the molecule is OC(Cc1cc(F)ccc1Br)c1coc2ccccc12. The highest BCUT2D eigenvalue weighted by Crippen LogP contribution is 2.30. The second-order valence-electron chi connectivity index (χ2n) is 4.64. The zero-order chi connectivity index (χ0) is 14.1. The fraction of sp³-hybridized carbons (Fsp3) is 0.125. The van der Waals surface area contributed by atoms with E-state index in [4.69, 9.17) is 4.42 Å². The monoisotopic (exact) mass is 334 g/mol. The highest BCUT2D eigenvalue weighted by molar-refractivity contribution is 9.10. The van der Waals surface area contributed by atoms with Crippen LogP contribution < -0.4 is 0 Å². The van der Waals surface area contributed by atoms with Crippen molar-refractivity contribution in [2.75, 3.05) is 0 Å². The first kappa shape index (κ1) is 13.3. The van der Waals surface area contributed by atoms with Crippen LogP contribution >= 0.6 is 15.9 Å². The molecule has 0 aliphatic heterocycles. The summed E-state index contributed by atoms with van der Waals surface area (Å²) in [6, 6.07) is 12.0. The van der Waals surface area contributed by atoms with E-state index in [9.17, 15) is 9.50 Å². The molecule has 0 bridgehead atoms. The standard InChI is InChI=1S/C16H12BrFO2/c17-14-6-5-11(18)7-10(14)8-15(19)13-9-20-16-4-2-1-3-12(13)16/h1-7,9,15,19H,8H2. The first-order valence-electron chi connectivity index (χ1n) is 6.23. The van der Waals surface area contributed by atoms with Crippen molar-refractivity contribution in [2.24, 2.45) is 0 Å². The van der Waals surface area contributed by atoms with E-state index in [0.29, 0.717) is 6.42 Å². The first-order valence-corrected chi connectivity index (χ1v) is 7.02. The number of hydrogen-bond acceptors (Lipinski definition) is 2. The van der Waals surface area contributed by atoms with E-state index < -0.39 is 6.10 Å². The maximum absolute atomic E-state index is 13.3. The molecule has 20 heavy (non-hydrogen) atoms. The van der Waals surface area contributed by atoms with Crippen molar-refractivity contribution in [2.45, 2.75) is 12.5 Å². The van der Waals surface area contributed by atoms with Gasteiger partial charge in [-0.3, -0.25) is 0 Å². The van der Waals surface area contributed by atoms with Gasteiger partial charge in [0.05, 0.1) is 12.4 Å². The molecule has 2 nitrogen and oxygen atoms in total. The normalized spacial score (nSPS) is 12.8. The van der Waals surface area contributed by atoms with Crippen LogP contribution in [-0.2, 0) is 6.42 Å². The average Bonchev–Trinajstić information content (AvgIpc) is 2.87. The summed E-state index contributed by atoms with van der Waals surface area (Å²) < 4.78 is 19.5. The lowest BCUT2D eigenvalue weighted by molar-refractivity contribution is 0.178. The molecule has 0 radical (unpaired) electrons. The fourth-order valence-electron chi connectivity index (χ4n) is 2.27. The first-order chi connectivity index (χ1) is 9.65. The fourth-order valence-corrected chi connectivity index (χ4v) is 2.68. The van der Waals surface area contributed by atoms with E-state index in [1.165, 1.54) is 12.1 Å². The van der Waals surface area contributed by atoms with Crippen molar-refractivity contribution in [3.63, 3.8) is 0 Å². The lowest BCUT2D eigenvalue weighted by Crippen LogP contribution is -2.02. The molecule has 0 fully saturated rings. The summed E-state index contributed by atoms with van der Waals surface area (Å²) in [4.78, 5) is 0. The third-order valence-corrected chi connectivity index (χ3v) is 4.06. The van der Waals surface area contributed by atoms with E-state index in [0.717, 1.165) is 26.6 Å². The van der Waals surface area contributed by atoms with E-state index in [1.54, 1.807) is 12.3 Å². The van der Waals surface area contributed by atoms with Crippen LogP contribution in [0.25, 0.3) is 11.0 Å². The van der Waals surface area contributed by atoms with E-state index in [-0.39, 0.29) is 5.82 Å². The van der Waals surface area contributed by atoms with Gasteiger partial charge in [-0.25, -0.2) is 4.39 Å². The minimum absolute atomic E-state index is 0.313. The van der Waals surface area contributed by atoms with Crippen molar-refractivity contribution in [3.05, 3.63) is 70.1 Å². The molecule has 0 aliphatic rings. The zero-order valence-electron chi connectivity index (χ0n) is 10.5. The minimum Gasteiger partial charge on any atom is -0.464 e. The van der Waals surface area contributed by atoms with Crippen LogP contribution in [0.1, 0.15) is 17.2 Å². The van der Waals surface area contributed by atoms with Crippen molar-refractivity contribution >= 4 is 26.9 Å². The Morgan fingerprint density at radius 2 is 2.00 bits per heavy atom. The second-order valence-corrected chi connectivity index (χ2v) is 5.50. The third-order valence-electron chi connectivity index (χ3n) is 3.29. The van der Waals surface area contributed by atoms with Gasteiger partial charge in [-0.05, 0) is 29.8 Å². The minimum atomic E-state index is -0.739. The highest BCUT2D eigenvalue weighted by atomic mass is 79.9. The van der Waals surface area contributed by atoms with Crippen LogP contribution in [-0.4, -0.2) is 5.11 Å². The molecule has 0 spiro atoms. The Morgan fingerprint density at radius 1 is 1.20 bits per heavy atom. The molecule has 1 N–H and O–H groups in total. The summed E-state index contributed by atoms with van der Waals surface area (Å²) in [5.74, 6) is -0.313. The molecule has 0 saturated carbocycles. The van der Waals surface area contributed by atoms with Gasteiger partial charge in [-0.1, -0.05) is 34.1 Å². The molecule has 0 aliphatic carbocycles. The van der Waals surface area contributed by atoms with Crippen LogP contribution in [0.4, 0.5) is 4.39 Å². The Bertz CT molecular complexity index is 751. The molecule has 3 aromatic rings. The summed E-state index contributed by atoms with van der Waals surface area (Å²) in [5, 5.41) is 11.3. The van der Waals surface area contributed by atoms with E-state index in [2.05, 4.69) is 15.9 Å². The molecule has 4 heteroatoms. The molecule has 1 aromatic heterocycles. The third kappa shape index (κ3) is 2.49. The smallest absolute Gasteiger partial charge is 0.134 e. The molecule has 0 saturated heterocycles. The second kappa shape index (κ2) is 5.38. The summed E-state index contributed by atoms with van der Waals surface area (Å²) >= 11 is 3.37. The number of halogens is 2. The summed E-state index contributed by atoms with van der Waals surface area (Å²) in [7, 11) is 0. The van der Waals surface area contributed by atoms with Gasteiger partial charge in [-0.2, -0.15) is 0 Å². The Kier molecular flexibility index (Phi) is 3.59. The Balaban J connectivity index is 1.93. The topological polar surface area (TPSA) is 33.4 Å². The quantitative estimate of drug-likeness (QED) is 0.758. The van der Waals surface area contributed by atoms with Crippen LogP contribution in [0.15, 0.2) is 57.6 Å². The maximum Gasteiger partial charge on any atom is 0.134 e. The molecule has 102 valence electrons. The van der Waals surface area contributed by atoms with Gasteiger partial charge < -0.3 is 9.52 Å². The Morgan fingerprint density at radius 3 is 2.85 bits per heavy atom. The lowest BCUT2D eigenvalue weighted by Gasteiger charge is -2.11. The van der Waals surface area contributed by atoms with Gasteiger partial charge in [0.2, 0.25) is 0 Å². The Labute approximate surface area is 124 Å². The summed E-state index contributed by atoms with van der Waals surface area (Å²) in [6.07, 6.45) is 1.14. The average molecular weight is 335 g/mol. The number of aliphatic hydroxyl groups excluding tert-OH is 1. The van der Waals surface area contributed by atoms with Crippen LogP contribution in [0.2, 0.25) is 0 Å². The number of benzene rings is 2. The number of furan rings is 1. The van der Waals surface area contributed by atoms with Gasteiger partial charge >= 0.3 is 0 Å². The van der Waals surface area contributed by atoms with Crippen molar-refractivity contribution in [1.82, 2.24) is 0 Å². The van der Waals surface area contributed by atoms with E-state index >= 15 is 0 Å². The summed E-state index contributed by atoms with van der Waals surface area (Å²) in [5.41, 5.74) is 2.18. The predicted octanol–water partition coefficient (Wildman–Crippen LogP) is 4.61. The largest absolute Gasteiger partial charge is 0.464 e. The molecule has 1 atom stereocenters. The van der Waals surface area contributed by atoms with Gasteiger partial charge in [0.15, 0.2) is 0 Å². The molecule has 2 aromatic carbocycles. The molecule has 3 rings (SSSR count). The number of aliphatic hydroxyl groups is 1. The van der Waals surface area contributed by atoms with Gasteiger partial charge in [-0.15, -0.1) is 0 Å². The number of fused-ring (bicyclic) bond motifs is 1. The Hall–Kier alpha value is -1.65. The molecule has 0 amide bonds. The molecular weight excluding hydrogens is 323 g/mol. The molecule has 1 heterocycles. The van der Waals surface area contributed by atoms with Crippen molar-refractivity contribution in [1.29, 1.82) is 0 Å². The van der Waals surface area contributed by atoms with Gasteiger partial charge in [0.25, 0.3) is 0 Å². The zero-order valence-corrected chi connectivity index (χ0v) is 12.1. The predicted molar refractivity (Wildman–Crippen MR) is 79.0 cm³/mol. The lowest BCUT2D eigenvalue weighted by atomic mass is 10.0. The number of hydrogen-bond donors (Lipinski definition) is 1. The van der Waals surface area contributed by atoms with Crippen molar-refractivity contribution in [3.8, 4) is 0 Å². The molecular formula is C16H12BrFO2. The van der Waals surface area contributed by atoms with Crippen molar-refractivity contribution < 1.29 is 13.9 Å². The maximum atomic E-state index is 13.3. The van der Waals surface area contributed by atoms with E-state index in [1.807, 2.05) is 24.3 Å². The van der Waals surface area contributed by atoms with Crippen LogP contribution in [0.3, 0.4) is 0 Å². The number of rotatable bonds is 3. The van der Waals surface area contributed by atoms with Gasteiger partial charge in [0, 0.05) is 21.8 Å². The van der Waals surface area contributed by atoms with Gasteiger partial charge in [0.1, 0.15) is 11.4 Å². The number of para-hydroxylation sites is 1. The summed E-state index contributed by atoms with van der Waals surface area (Å²) in [6.45, 7) is 0. The van der Waals surface area contributed by atoms with Crippen LogP contribution in [0.5, 0.6) is 0 Å². The molecule has 1 unspecified atom stereocenters. The highest BCUT2D eigenvalue weighted by Gasteiger charge is 2.16. The van der Waals surface area contributed by atoms with Crippen LogP contribution in [0, 0.1) is 5.82 Å².